The number of hydrogen-bond acceptors (Lipinski definition) is 8. The van der Waals surface area contributed by atoms with Crippen LogP contribution in [0.25, 0.3) is 0 Å². The first-order chi connectivity index (χ1) is 13.7. The first-order valence-corrected chi connectivity index (χ1v) is 9.53. The number of carbonyl (C=O) groups is 2. The van der Waals surface area contributed by atoms with Gasteiger partial charge in [0.25, 0.3) is 0 Å². The van der Waals surface area contributed by atoms with E-state index in [1.54, 1.807) is 22.3 Å². The van der Waals surface area contributed by atoms with Crippen molar-refractivity contribution in [1.29, 1.82) is 0 Å². The number of thiophene rings is 1. The number of rotatable bonds is 7. The van der Waals surface area contributed by atoms with Crippen LogP contribution in [-0.4, -0.2) is 46.1 Å². The van der Waals surface area contributed by atoms with Crippen LogP contribution in [0, 0.1) is 0 Å². The number of carbonyl (C=O) groups excluding carboxylic acids is 2. The summed E-state index contributed by atoms with van der Waals surface area (Å²) >= 11 is 1.67. The summed E-state index contributed by atoms with van der Waals surface area (Å²) in [6.07, 6.45) is 0.773. The van der Waals surface area contributed by atoms with Gasteiger partial charge in [0.15, 0.2) is 0 Å². The molecule has 0 amide bonds. The number of para-hydroxylation sites is 2. The van der Waals surface area contributed by atoms with Crippen LogP contribution in [0.4, 0.5) is 5.69 Å². The van der Waals surface area contributed by atoms with E-state index in [-0.39, 0.29) is 24.6 Å². The van der Waals surface area contributed by atoms with Crippen LogP contribution in [0.1, 0.15) is 4.88 Å². The summed E-state index contributed by atoms with van der Waals surface area (Å²) < 4.78 is 21.2. The van der Waals surface area contributed by atoms with Crippen LogP contribution in [0.2, 0.25) is 0 Å². The van der Waals surface area contributed by atoms with Crippen LogP contribution in [-0.2, 0) is 30.2 Å². The summed E-state index contributed by atoms with van der Waals surface area (Å²) in [6, 6.07) is 11.3. The topological polar surface area (TPSA) is 74.3 Å². The second-order valence-electron chi connectivity index (χ2n) is 5.86. The van der Waals surface area contributed by atoms with Gasteiger partial charge in [-0.05, 0) is 23.6 Å². The average Bonchev–Trinajstić information content (AvgIpc) is 3.26. The van der Waals surface area contributed by atoms with E-state index in [2.05, 4.69) is 6.07 Å². The molecule has 1 aliphatic rings. The molecule has 8 heteroatoms. The number of methoxy groups -OCH3 is 2. The maximum atomic E-state index is 12.4. The molecule has 0 atom stereocenters. The summed E-state index contributed by atoms with van der Waals surface area (Å²) in [6.45, 7) is 0.526. The fourth-order valence-corrected chi connectivity index (χ4v) is 3.54. The molecular weight excluding hydrogens is 382 g/mol. The van der Waals surface area contributed by atoms with Crippen LogP contribution < -0.4 is 9.64 Å². The third kappa shape index (κ3) is 4.35. The number of hydrogen-bond donors (Lipinski definition) is 0. The van der Waals surface area contributed by atoms with E-state index in [0.29, 0.717) is 18.0 Å². The Hall–Kier alpha value is -2.84. The fourth-order valence-electron chi connectivity index (χ4n) is 2.85. The standard InChI is InChI=1S/C20H21NO6S/c1-24-19(22)15-12-26-13-21(18(15)20(23)25-2)16-7-3-4-8-17(16)27-10-9-14-6-5-11-28-14/h3-8,11H,9-10,12-13H2,1-2H3. The minimum absolute atomic E-state index is 0.0327. The third-order valence-corrected chi connectivity index (χ3v) is 5.11. The van der Waals surface area contributed by atoms with Gasteiger partial charge in [0.2, 0.25) is 0 Å². The summed E-state index contributed by atoms with van der Waals surface area (Å²) in [4.78, 5) is 27.4. The number of nitrogens with zero attached hydrogens (tertiary/aromatic N) is 1. The Morgan fingerprint density at radius 2 is 1.89 bits per heavy atom. The largest absolute Gasteiger partial charge is 0.491 e. The SMILES string of the molecule is COC(=O)C1=C(C(=O)OC)N(c2ccccc2OCCc2cccs2)COC1. The molecule has 1 aromatic heterocycles. The molecule has 0 radical (unpaired) electrons. The lowest BCUT2D eigenvalue weighted by molar-refractivity contribution is -0.140. The molecule has 0 saturated heterocycles. The first kappa shape index (κ1) is 19.9. The van der Waals surface area contributed by atoms with E-state index >= 15 is 0 Å². The Balaban J connectivity index is 1.90. The molecule has 148 valence electrons. The predicted octanol–water partition coefficient (Wildman–Crippen LogP) is 2.76. The van der Waals surface area contributed by atoms with E-state index < -0.39 is 11.9 Å². The minimum Gasteiger partial charge on any atom is -0.491 e. The summed E-state index contributed by atoms with van der Waals surface area (Å²) in [5.74, 6) is -0.701. The van der Waals surface area contributed by atoms with Crippen molar-refractivity contribution in [2.75, 3.05) is 39.1 Å². The normalized spacial score (nSPS) is 14.0. The molecular formula is C20H21NO6S. The Kier molecular flexibility index (Phi) is 6.67. The molecule has 0 spiro atoms. The summed E-state index contributed by atoms with van der Waals surface area (Å²) in [5.41, 5.74) is 0.805. The van der Waals surface area contributed by atoms with Crippen molar-refractivity contribution < 1.29 is 28.5 Å². The monoisotopic (exact) mass is 403 g/mol. The molecule has 28 heavy (non-hydrogen) atoms. The quantitative estimate of drug-likeness (QED) is 0.658. The second-order valence-corrected chi connectivity index (χ2v) is 6.89. The van der Waals surface area contributed by atoms with E-state index in [1.165, 1.54) is 19.1 Å². The van der Waals surface area contributed by atoms with Crippen LogP contribution in [0.3, 0.4) is 0 Å². The average molecular weight is 403 g/mol. The molecule has 0 aliphatic carbocycles. The lowest BCUT2D eigenvalue weighted by Crippen LogP contribution is -2.39. The van der Waals surface area contributed by atoms with Gasteiger partial charge < -0.3 is 23.8 Å². The van der Waals surface area contributed by atoms with E-state index in [9.17, 15) is 9.59 Å². The Labute approximate surface area is 167 Å². The van der Waals surface area contributed by atoms with Crippen molar-refractivity contribution in [3.05, 3.63) is 57.9 Å². The molecule has 7 nitrogen and oxygen atoms in total. The number of esters is 2. The Bertz CT molecular complexity index is 861. The molecule has 0 saturated carbocycles. The van der Waals surface area contributed by atoms with Gasteiger partial charge in [-0.15, -0.1) is 11.3 Å². The fraction of sp³-hybridized carbons (Fsp3) is 0.300. The van der Waals surface area contributed by atoms with Gasteiger partial charge in [-0.25, -0.2) is 9.59 Å². The van der Waals surface area contributed by atoms with Gasteiger partial charge in [-0.3, -0.25) is 0 Å². The number of benzene rings is 1. The van der Waals surface area contributed by atoms with Crippen molar-refractivity contribution in [3.8, 4) is 5.75 Å². The number of anilines is 1. The van der Waals surface area contributed by atoms with Gasteiger partial charge in [0, 0.05) is 11.3 Å². The highest BCUT2D eigenvalue weighted by Gasteiger charge is 2.33. The van der Waals surface area contributed by atoms with Crippen molar-refractivity contribution in [3.63, 3.8) is 0 Å². The van der Waals surface area contributed by atoms with Gasteiger partial charge in [-0.2, -0.15) is 0 Å². The van der Waals surface area contributed by atoms with E-state index in [0.717, 1.165) is 6.42 Å². The minimum atomic E-state index is -0.642. The van der Waals surface area contributed by atoms with Crippen molar-refractivity contribution in [1.82, 2.24) is 0 Å². The lowest BCUT2D eigenvalue weighted by atomic mass is 10.1. The van der Waals surface area contributed by atoms with Gasteiger partial charge >= 0.3 is 11.9 Å². The molecule has 0 unspecified atom stereocenters. The van der Waals surface area contributed by atoms with Crippen LogP contribution >= 0.6 is 11.3 Å². The molecule has 1 aliphatic heterocycles. The summed E-state index contributed by atoms with van der Waals surface area (Å²) in [7, 11) is 2.52. The maximum Gasteiger partial charge on any atom is 0.355 e. The highest BCUT2D eigenvalue weighted by Crippen LogP contribution is 2.34. The molecule has 2 aromatic rings. The Morgan fingerprint density at radius 3 is 2.61 bits per heavy atom. The second kappa shape index (κ2) is 9.38. The molecule has 2 heterocycles. The molecule has 0 N–H and O–H groups in total. The first-order valence-electron chi connectivity index (χ1n) is 8.65. The highest BCUT2D eigenvalue weighted by atomic mass is 32.1. The van der Waals surface area contributed by atoms with Crippen molar-refractivity contribution >= 4 is 29.0 Å². The molecule has 1 aromatic carbocycles. The maximum absolute atomic E-state index is 12.4. The van der Waals surface area contributed by atoms with Gasteiger partial charge in [0.1, 0.15) is 18.2 Å². The zero-order valence-corrected chi connectivity index (χ0v) is 16.5. The smallest absolute Gasteiger partial charge is 0.355 e. The molecule has 0 fully saturated rings. The summed E-state index contributed by atoms with van der Waals surface area (Å²) in [5, 5.41) is 2.02. The number of ether oxygens (including phenoxy) is 4. The molecule has 3 rings (SSSR count). The lowest BCUT2D eigenvalue weighted by Gasteiger charge is -2.32. The zero-order valence-electron chi connectivity index (χ0n) is 15.7. The predicted molar refractivity (Wildman–Crippen MR) is 104 cm³/mol. The highest BCUT2D eigenvalue weighted by molar-refractivity contribution is 7.09. The van der Waals surface area contributed by atoms with Crippen molar-refractivity contribution in [2.45, 2.75) is 6.42 Å². The third-order valence-electron chi connectivity index (χ3n) is 4.18. The van der Waals surface area contributed by atoms with Crippen LogP contribution in [0.5, 0.6) is 5.75 Å². The zero-order chi connectivity index (χ0) is 19.9. The molecule has 0 bridgehead atoms. The van der Waals surface area contributed by atoms with Crippen molar-refractivity contribution in [2.24, 2.45) is 0 Å². The van der Waals surface area contributed by atoms with Crippen LogP contribution in [0.15, 0.2) is 53.0 Å². The van der Waals surface area contributed by atoms with E-state index in [1.807, 2.05) is 29.6 Å². The Morgan fingerprint density at radius 1 is 1.11 bits per heavy atom. The van der Waals surface area contributed by atoms with Gasteiger partial charge in [-0.1, -0.05) is 18.2 Å². The van der Waals surface area contributed by atoms with E-state index in [4.69, 9.17) is 18.9 Å². The van der Waals surface area contributed by atoms with Gasteiger partial charge in [0.05, 0.1) is 38.7 Å².